The van der Waals surface area contributed by atoms with Crippen LogP contribution in [0.3, 0.4) is 0 Å². The van der Waals surface area contributed by atoms with Gasteiger partial charge < -0.3 is 20.5 Å². The van der Waals surface area contributed by atoms with Gasteiger partial charge in [0.05, 0.1) is 16.8 Å². The van der Waals surface area contributed by atoms with Gasteiger partial charge in [0.25, 0.3) is 5.91 Å². The molecule has 3 aromatic rings. The molecular weight excluding hydrogens is 366 g/mol. The van der Waals surface area contributed by atoms with E-state index in [1.165, 1.54) is 0 Å². The molecule has 6 nitrogen and oxygen atoms in total. The predicted octanol–water partition coefficient (Wildman–Crippen LogP) is 3.14. The molecule has 6 heteroatoms. The summed E-state index contributed by atoms with van der Waals surface area (Å²) in [6, 6.07) is 15.3. The van der Waals surface area contributed by atoms with Crippen LogP contribution in [0.15, 0.2) is 48.5 Å². The van der Waals surface area contributed by atoms with Crippen LogP contribution in [0.1, 0.15) is 23.2 Å². The lowest BCUT2D eigenvalue weighted by atomic mass is 10.0. The van der Waals surface area contributed by atoms with Crippen molar-refractivity contribution in [2.45, 2.75) is 18.9 Å². The van der Waals surface area contributed by atoms with Gasteiger partial charge in [-0.1, -0.05) is 18.2 Å². The van der Waals surface area contributed by atoms with Crippen molar-refractivity contribution in [2.24, 2.45) is 11.7 Å². The molecule has 1 atom stereocenters. The Hall–Kier alpha value is -3.12. The number of amides is 1. The van der Waals surface area contributed by atoms with Crippen molar-refractivity contribution in [2.75, 3.05) is 19.8 Å². The number of hydrogen-bond acceptors (Lipinski definition) is 5. The van der Waals surface area contributed by atoms with Crippen LogP contribution in [0.25, 0.3) is 22.2 Å². The van der Waals surface area contributed by atoms with Gasteiger partial charge in [-0.2, -0.15) is 0 Å². The van der Waals surface area contributed by atoms with Gasteiger partial charge in [-0.3, -0.25) is 4.79 Å². The normalized spacial score (nSPS) is 16.4. The van der Waals surface area contributed by atoms with E-state index in [1.54, 1.807) is 0 Å². The molecule has 0 bridgehead atoms. The van der Waals surface area contributed by atoms with Crippen molar-refractivity contribution in [3.8, 4) is 22.8 Å². The van der Waals surface area contributed by atoms with Crippen LogP contribution in [-0.2, 0) is 0 Å². The molecule has 29 heavy (non-hydrogen) atoms. The zero-order valence-corrected chi connectivity index (χ0v) is 16.1. The van der Waals surface area contributed by atoms with E-state index in [0.29, 0.717) is 37.0 Å². The van der Waals surface area contributed by atoms with E-state index in [0.717, 1.165) is 40.8 Å². The first-order valence-corrected chi connectivity index (χ1v) is 10.0. The highest BCUT2D eigenvalue weighted by Crippen LogP contribution is 2.35. The Labute approximate surface area is 169 Å². The van der Waals surface area contributed by atoms with Gasteiger partial charge in [0, 0.05) is 23.5 Å². The lowest BCUT2D eigenvalue weighted by Crippen LogP contribution is -2.41. The number of benzene rings is 2. The first kappa shape index (κ1) is 17.9. The summed E-state index contributed by atoms with van der Waals surface area (Å²) in [7, 11) is 0. The fourth-order valence-corrected chi connectivity index (χ4v) is 3.83. The molecule has 148 valence electrons. The van der Waals surface area contributed by atoms with Crippen molar-refractivity contribution in [3.05, 3.63) is 54.1 Å². The van der Waals surface area contributed by atoms with Crippen LogP contribution >= 0.6 is 0 Å². The molecule has 0 saturated heterocycles. The van der Waals surface area contributed by atoms with Crippen LogP contribution in [0.5, 0.6) is 11.5 Å². The number of nitrogens with two attached hydrogens (primary N) is 1. The molecule has 0 radical (unpaired) electrons. The fourth-order valence-electron chi connectivity index (χ4n) is 3.83. The zero-order chi connectivity index (χ0) is 19.8. The van der Waals surface area contributed by atoms with Gasteiger partial charge in [-0.15, -0.1) is 0 Å². The average molecular weight is 389 g/mol. The van der Waals surface area contributed by atoms with Crippen molar-refractivity contribution < 1.29 is 14.3 Å². The summed E-state index contributed by atoms with van der Waals surface area (Å²) < 4.78 is 11.3. The monoisotopic (exact) mass is 389 g/mol. The second-order valence-corrected chi connectivity index (χ2v) is 7.58. The van der Waals surface area contributed by atoms with Crippen LogP contribution in [0, 0.1) is 5.92 Å². The number of carbonyl (C=O) groups excluding carboxylic acids is 1. The minimum absolute atomic E-state index is 0.0205. The Morgan fingerprint density at radius 3 is 2.69 bits per heavy atom. The Kier molecular flexibility index (Phi) is 4.56. The van der Waals surface area contributed by atoms with Gasteiger partial charge in [0.1, 0.15) is 13.2 Å². The highest BCUT2D eigenvalue weighted by Gasteiger charge is 2.31. The van der Waals surface area contributed by atoms with E-state index in [4.69, 9.17) is 20.2 Å². The molecule has 1 aromatic heterocycles. The van der Waals surface area contributed by atoms with E-state index in [1.807, 2.05) is 48.5 Å². The van der Waals surface area contributed by atoms with Gasteiger partial charge in [0.15, 0.2) is 11.5 Å². The van der Waals surface area contributed by atoms with E-state index in [9.17, 15) is 4.79 Å². The predicted molar refractivity (Wildman–Crippen MR) is 111 cm³/mol. The van der Waals surface area contributed by atoms with Gasteiger partial charge in [-0.05, 0) is 49.1 Å². The standard InChI is InChI=1S/C23H23N3O3/c24-13-20(14-5-6-14)26-23(27)17-12-19(25-18-4-2-1-3-16(17)18)15-7-8-21-22(11-15)29-10-9-28-21/h1-4,7-8,11-12,14,20H,5-6,9-10,13,24H2,(H,26,27). The van der Waals surface area contributed by atoms with E-state index in [-0.39, 0.29) is 11.9 Å². The Morgan fingerprint density at radius 2 is 1.90 bits per heavy atom. The summed E-state index contributed by atoms with van der Waals surface area (Å²) in [5, 5.41) is 3.96. The molecule has 2 aliphatic rings. The van der Waals surface area contributed by atoms with Crippen LogP contribution in [-0.4, -0.2) is 36.7 Å². The third kappa shape index (κ3) is 3.51. The number of pyridine rings is 1. The highest BCUT2D eigenvalue weighted by molar-refractivity contribution is 6.07. The number of fused-ring (bicyclic) bond motifs is 2. The Bertz CT molecular complexity index is 1080. The van der Waals surface area contributed by atoms with Crippen LogP contribution < -0.4 is 20.5 Å². The molecular formula is C23H23N3O3. The molecule has 1 fully saturated rings. The molecule has 2 aromatic carbocycles. The smallest absolute Gasteiger partial charge is 0.252 e. The van der Waals surface area contributed by atoms with Gasteiger partial charge in [-0.25, -0.2) is 4.98 Å². The molecule has 0 spiro atoms. The third-order valence-corrected chi connectivity index (χ3v) is 5.56. The number of carbonyl (C=O) groups is 1. The topological polar surface area (TPSA) is 86.5 Å². The number of para-hydroxylation sites is 1. The van der Waals surface area contributed by atoms with Crippen molar-refractivity contribution >= 4 is 16.8 Å². The Balaban J connectivity index is 1.56. The van der Waals surface area contributed by atoms with Crippen LogP contribution in [0.2, 0.25) is 0 Å². The maximum atomic E-state index is 13.1. The van der Waals surface area contributed by atoms with Crippen molar-refractivity contribution in [1.82, 2.24) is 10.3 Å². The van der Waals surface area contributed by atoms with Crippen LogP contribution in [0.4, 0.5) is 0 Å². The molecule has 1 unspecified atom stereocenters. The lowest BCUT2D eigenvalue weighted by molar-refractivity contribution is 0.0935. The summed E-state index contributed by atoms with van der Waals surface area (Å²) in [5.41, 5.74) is 8.88. The molecule has 5 rings (SSSR count). The summed E-state index contributed by atoms with van der Waals surface area (Å²) in [5.74, 6) is 1.82. The second kappa shape index (κ2) is 7.37. The maximum Gasteiger partial charge on any atom is 0.252 e. The first-order valence-electron chi connectivity index (χ1n) is 10.0. The number of nitrogens with one attached hydrogen (secondary N) is 1. The SMILES string of the molecule is NCC(NC(=O)c1cc(-c2ccc3c(c2)OCCO3)nc2ccccc12)C1CC1. The number of ether oxygens (including phenoxy) is 2. The quantitative estimate of drug-likeness (QED) is 0.700. The molecule has 2 heterocycles. The molecule has 1 aliphatic carbocycles. The molecule has 1 aliphatic heterocycles. The van der Waals surface area contributed by atoms with Crippen molar-refractivity contribution in [3.63, 3.8) is 0 Å². The van der Waals surface area contributed by atoms with Crippen molar-refractivity contribution in [1.29, 1.82) is 0 Å². The largest absolute Gasteiger partial charge is 0.486 e. The molecule has 3 N–H and O–H groups in total. The number of nitrogens with zero attached hydrogens (tertiary/aromatic N) is 1. The maximum absolute atomic E-state index is 13.1. The second-order valence-electron chi connectivity index (χ2n) is 7.58. The zero-order valence-electron chi connectivity index (χ0n) is 16.1. The van der Waals surface area contributed by atoms with Gasteiger partial charge >= 0.3 is 0 Å². The lowest BCUT2D eigenvalue weighted by Gasteiger charge is -2.19. The van der Waals surface area contributed by atoms with E-state index < -0.39 is 0 Å². The fraction of sp³-hybridized carbons (Fsp3) is 0.304. The van der Waals surface area contributed by atoms with E-state index in [2.05, 4.69) is 5.32 Å². The number of hydrogen-bond donors (Lipinski definition) is 2. The average Bonchev–Trinajstić information content (AvgIpc) is 3.61. The summed E-state index contributed by atoms with van der Waals surface area (Å²) in [6.45, 7) is 1.53. The first-order chi connectivity index (χ1) is 14.2. The summed E-state index contributed by atoms with van der Waals surface area (Å²) >= 11 is 0. The van der Waals surface area contributed by atoms with E-state index >= 15 is 0 Å². The minimum Gasteiger partial charge on any atom is -0.486 e. The highest BCUT2D eigenvalue weighted by atomic mass is 16.6. The molecule has 1 amide bonds. The number of rotatable bonds is 5. The summed E-state index contributed by atoms with van der Waals surface area (Å²) in [6.07, 6.45) is 2.25. The Morgan fingerprint density at radius 1 is 1.10 bits per heavy atom. The summed E-state index contributed by atoms with van der Waals surface area (Å²) in [4.78, 5) is 17.9. The molecule has 1 saturated carbocycles. The van der Waals surface area contributed by atoms with Gasteiger partial charge in [0.2, 0.25) is 0 Å². The third-order valence-electron chi connectivity index (χ3n) is 5.56. The number of aromatic nitrogens is 1. The minimum atomic E-state index is -0.107.